The van der Waals surface area contributed by atoms with Crippen molar-refractivity contribution >= 4 is 44.7 Å². The van der Waals surface area contributed by atoms with Crippen LogP contribution < -0.4 is 15.4 Å². The van der Waals surface area contributed by atoms with Crippen molar-refractivity contribution in [1.29, 1.82) is 0 Å². The second kappa shape index (κ2) is 9.22. The van der Waals surface area contributed by atoms with Crippen molar-refractivity contribution in [2.45, 2.75) is 38.0 Å². The third kappa shape index (κ3) is 6.02. The minimum Gasteiger partial charge on any atom is -0.308 e. The van der Waals surface area contributed by atoms with Crippen molar-refractivity contribution in [3.63, 3.8) is 0 Å². The molecule has 0 atom stereocenters. The largest absolute Gasteiger partial charge is 0.323 e. The van der Waals surface area contributed by atoms with Crippen molar-refractivity contribution in [2.75, 3.05) is 15.4 Å². The molecule has 0 heterocycles. The van der Waals surface area contributed by atoms with E-state index in [1.54, 1.807) is 43.3 Å². The third-order valence-electron chi connectivity index (χ3n) is 4.84. The lowest BCUT2D eigenvalue weighted by Crippen LogP contribution is -2.20. The normalized spacial score (nSPS) is 11.7. The zero-order valence-electron chi connectivity index (χ0n) is 18.4. The zero-order valence-corrected chi connectivity index (χ0v) is 19.9. The fraction of sp³-hybridized carbons (Fsp3) is 0.208. The van der Waals surface area contributed by atoms with Crippen molar-refractivity contribution in [1.82, 2.24) is 0 Å². The lowest BCUT2D eigenvalue weighted by atomic mass is 9.87. The summed E-state index contributed by atoms with van der Waals surface area (Å²) < 4.78 is 28.3. The van der Waals surface area contributed by atoms with Crippen LogP contribution in [0.25, 0.3) is 0 Å². The van der Waals surface area contributed by atoms with Crippen LogP contribution in [0.3, 0.4) is 0 Å². The predicted octanol–water partition coefficient (Wildman–Crippen LogP) is 6.39. The van der Waals surface area contributed by atoms with Crippen LogP contribution in [0, 0.1) is 6.92 Å². The Morgan fingerprint density at radius 3 is 1.94 bits per heavy atom. The number of benzene rings is 3. The summed E-state index contributed by atoms with van der Waals surface area (Å²) in [6.45, 7) is 8.05. The van der Waals surface area contributed by atoms with E-state index in [9.17, 15) is 13.2 Å². The van der Waals surface area contributed by atoms with Crippen LogP contribution in [-0.2, 0) is 15.4 Å². The first-order valence-electron chi connectivity index (χ1n) is 10.0. The number of halogens is 1. The average Bonchev–Trinajstić information content (AvgIpc) is 2.70. The fourth-order valence-electron chi connectivity index (χ4n) is 3.04. The summed E-state index contributed by atoms with van der Waals surface area (Å²) in [5.41, 5.74) is 3.12. The number of carbonyl (C=O) groups excluding carboxylic acids is 1. The van der Waals surface area contributed by atoms with E-state index in [1.807, 2.05) is 24.3 Å². The fourth-order valence-corrected chi connectivity index (χ4v) is 4.50. The maximum Gasteiger partial charge on any atom is 0.323 e. The SMILES string of the molecule is Cc1ccc(NC(=O)Nc2ccc(C(C)(C)C)cc2)cc1S(=O)(=O)Nc1ccc(Cl)cc1. The van der Waals surface area contributed by atoms with Gasteiger partial charge in [0.25, 0.3) is 10.0 Å². The number of hydrogen-bond donors (Lipinski definition) is 3. The number of rotatable bonds is 5. The van der Waals surface area contributed by atoms with E-state index in [0.717, 1.165) is 5.56 Å². The third-order valence-corrected chi connectivity index (χ3v) is 6.62. The maximum absolute atomic E-state index is 12.9. The van der Waals surface area contributed by atoms with Gasteiger partial charge in [0, 0.05) is 22.1 Å². The second-order valence-electron chi connectivity index (χ2n) is 8.50. The molecular formula is C24H26ClN3O3S. The Bertz CT molecular complexity index is 1220. The van der Waals surface area contributed by atoms with Crippen molar-refractivity contribution in [3.8, 4) is 0 Å². The quantitative estimate of drug-likeness (QED) is 0.402. The van der Waals surface area contributed by atoms with Gasteiger partial charge in [0.05, 0.1) is 4.90 Å². The van der Waals surface area contributed by atoms with Gasteiger partial charge in [-0.1, -0.05) is 50.6 Å². The Balaban J connectivity index is 1.73. The Labute approximate surface area is 194 Å². The number of amides is 2. The minimum absolute atomic E-state index is 0.0185. The molecule has 0 bridgehead atoms. The Morgan fingerprint density at radius 1 is 0.812 bits per heavy atom. The molecule has 8 heteroatoms. The molecule has 2 amide bonds. The highest BCUT2D eigenvalue weighted by atomic mass is 35.5. The molecule has 0 aliphatic carbocycles. The number of carbonyl (C=O) groups is 1. The summed E-state index contributed by atoms with van der Waals surface area (Å²) in [7, 11) is -3.86. The van der Waals surface area contributed by atoms with E-state index < -0.39 is 16.1 Å². The van der Waals surface area contributed by atoms with E-state index in [0.29, 0.717) is 27.6 Å². The molecule has 0 spiro atoms. The van der Waals surface area contributed by atoms with E-state index >= 15 is 0 Å². The average molecular weight is 472 g/mol. The summed E-state index contributed by atoms with van der Waals surface area (Å²) in [5, 5.41) is 5.95. The smallest absolute Gasteiger partial charge is 0.308 e. The molecule has 168 valence electrons. The van der Waals surface area contributed by atoms with Crippen LogP contribution >= 0.6 is 11.6 Å². The van der Waals surface area contributed by atoms with E-state index in [-0.39, 0.29) is 10.3 Å². The van der Waals surface area contributed by atoms with Gasteiger partial charge >= 0.3 is 6.03 Å². The summed E-state index contributed by atoms with van der Waals surface area (Å²) in [6.07, 6.45) is 0. The molecule has 0 saturated carbocycles. The molecule has 0 aromatic heterocycles. The highest BCUT2D eigenvalue weighted by Crippen LogP contribution is 2.25. The van der Waals surface area contributed by atoms with Gasteiger partial charge in [0.1, 0.15) is 0 Å². The van der Waals surface area contributed by atoms with Crippen LogP contribution in [-0.4, -0.2) is 14.4 Å². The maximum atomic E-state index is 12.9. The monoisotopic (exact) mass is 471 g/mol. The second-order valence-corrected chi connectivity index (χ2v) is 10.6. The van der Waals surface area contributed by atoms with Crippen LogP contribution in [0.15, 0.2) is 71.6 Å². The first kappa shape index (κ1) is 23.6. The Kier molecular flexibility index (Phi) is 6.81. The molecule has 0 radical (unpaired) electrons. The molecule has 3 aromatic carbocycles. The van der Waals surface area contributed by atoms with Gasteiger partial charge in [0.15, 0.2) is 0 Å². The summed E-state index contributed by atoms with van der Waals surface area (Å²) >= 11 is 5.86. The molecule has 3 N–H and O–H groups in total. The standard InChI is InChI=1S/C24H26ClN3O3S/c1-16-5-10-21(15-22(16)32(30,31)28-20-13-8-18(25)9-14-20)27-23(29)26-19-11-6-17(7-12-19)24(2,3)4/h5-15,28H,1-4H3,(H2,26,27,29). The van der Waals surface area contributed by atoms with Gasteiger partial charge in [0.2, 0.25) is 0 Å². The molecule has 3 aromatic rings. The summed E-state index contributed by atoms with van der Waals surface area (Å²) in [6, 6.07) is 18.2. The van der Waals surface area contributed by atoms with Crippen LogP contribution in [0.1, 0.15) is 31.9 Å². The molecule has 0 aliphatic rings. The topological polar surface area (TPSA) is 87.3 Å². The number of aryl methyl sites for hydroxylation is 1. The van der Waals surface area contributed by atoms with E-state index in [1.165, 1.54) is 6.07 Å². The zero-order chi connectivity index (χ0) is 23.5. The van der Waals surface area contributed by atoms with Crippen molar-refractivity contribution < 1.29 is 13.2 Å². The van der Waals surface area contributed by atoms with Crippen LogP contribution in [0.4, 0.5) is 21.9 Å². The number of hydrogen-bond acceptors (Lipinski definition) is 3. The van der Waals surface area contributed by atoms with Gasteiger partial charge in [-0.2, -0.15) is 0 Å². The first-order chi connectivity index (χ1) is 14.9. The molecule has 0 fully saturated rings. The van der Waals surface area contributed by atoms with E-state index in [4.69, 9.17) is 11.6 Å². The molecule has 0 unspecified atom stereocenters. The van der Waals surface area contributed by atoms with Gasteiger partial charge in [-0.15, -0.1) is 0 Å². The van der Waals surface area contributed by atoms with Gasteiger partial charge in [-0.05, 0) is 72.0 Å². The summed E-state index contributed by atoms with van der Waals surface area (Å²) in [4.78, 5) is 12.5. The molecule has 3 rings (SSSR count). The van der Waals surface area contributed by atoms with Gasteiger partial charge < -0.3 is 10.6 Å². The van der Waals surface area contributed by atoms with E-state index in [2.05, 4.69) is 36.1 Å². The first-order valence-corrected chi connectivity index (χ1v) is 11.9. The Morgan fingerprint density at radius 2 is 1.34 bits per heavy atom. The number of anilines is 3. The predicted molar refractivity (Wildman–Crippen MR) is 131 cm³/mol. The molecule has 6 nitrogen and oxygen atoms in total. The van der Waals surface area contributed by atoms with Gasteiger partial charge in [-0.25, -0.2) is 13.2 Å². The number of nitrogens with one attached hydrogen (secondary N) is 3. The highest BCUT2D eigenvalue weighted by molar-refractivity contribution is 7.92. The lowest BCUT2D eigenvalue weighted by Gasteiger charge is -2.19. The molecular weight excluding hydrogens is 446 g/mol. The van der Waals surface area contributed by atoms with Crippen LogP contribution in [0.5, 0.6) is 0 Å². The molecule has 0 saturated heterocycles. The van der Waals surface area contributed by atoms with Crippen molar-refractivity contribution in [2.24, 2.45) is 0 Å². The lowest BCUT2D eigenvalue weighted by molar-refractivity contribution is 0.262. The van der Waals surface area contributed by atoms with Crippen LogP contribution in [0.2, 0.25) is 5.02 Å². The number of sulfonamides is 1. The van der Waals surface area contributed by atoms with Crippen molar-refractivity contribution in [3.05, 3.63) is 82.9 Å². The summed E-state index contributed by atoms with van der Waals surface area (Å²) in [5.74, 6) is 0. The molecule has 0 aliphatic heterocycles. The number of urea groups is 1. The Hall–Kier alpha value is -3.03. The highest BCUT2D eigenvalue weighted by Gasteiger charge is 2.18. The molecule has 32 heavy (non-hydrogen) atoms. The minimum atomic E-state index is -3.86. The van der Waals surface area contributed by atoms with Gasteiger partial charge in [-0.3, -0.25) is 4.72 Å².